The van der Waals surface area contributed by atoms with Crippen LogP contribution in [0.5, 0.6) is 0 Å². The molecule has 0 atom stereocenters. The molecule has 2 aromatic heterocycles. The Morgan fingerprint density at radius 2 is 1.73 bits per heavy atom. The second-order valence-electron chi connectivity index (χ2n) is 6.55. The lowest BCUT2D eigenvalue weighted by molar-refractivity contribution is -0.113. The Morgan fingerprint density at radius 1 is 0.933 bits per heavy atom. The highest BCUT2D eigenvalue weighted by Gasteiger charge is 2.15. The summed E-state index contributed by atoms with van der Waals surface area (Å²) < 4.78 is 1.66. The highest BCUT2D eigenvalue weighted by Crippen LogP contribution is 2.26. The fraction of sp³-hybridized carbons (Fsp3) is 0.0455. The molecule has 0 spiro atoms. The smallest absolute Gasteiger partial charge is 0.234 e. The van der Waals surface area contributed by atoms with E-state index >= 15 is 0 Å². The minimum absolute atomic E-state index is 0.112. The van der Waals surface area contributed by atoms with Crippen molar-refractivity contribution >= 4 is 45.3 Å². The first-order valence-corrected chi connectivity index (χ1v) is 10.3. The van der Waals surface area contributed by atoms with Gasteiger partial charge in [-0.2, -0.15) is 4.68 Å². The molecule has 5 rings (SSSR count). The van der Waals surface area contributed by atoms with Crippen molar-refractivity contribution < 1.29 is 4.79 Å². The number of carbonyl (C=O) groups excluding carboxylic acids is 1. The highest BCUT2D eigenvalue weighted by molar-refractivity contribution is 8.00. The molecule has 2 heterocycles. The van der Waals surface area contributed by atoms with Gasteiger partial charge in [0.1, 0.15) is 11.4 Å². The van der Waals surface area contributed by atoms with Gasteiger partial charge in [-0.05, 0) is 23.6 Å². The summed E-state index contributed by atoms with van der Waals surface area (Å²) in [6.07, 6.45) is 1.47. The molecule has 0 saturated carbocycles. The van der Waals surface area contributed by atoms with E-state index in [4.69, 9.17) is 0 Å². The Labute approximate surface area is 176 Å². The molecule has 146 valence electrons. The van der Waals surface area contributed by atoms with E-state index in [-0.39, 0.29) is 11.7 Å². The Morgan fingerprint density at radius 3 is 2.63 bits per heavy atom. The molecule has 7 nitrogen and oxygen atoms in total. The van der Waals surface area contributed by atoms with Crippen molar-refractivity contribution in [3.8, 4) is 5.69 Å². The van der Waals surface area contributed by atoms with Crippen molar-refractivity contribution in [1.82, 2.24) is 25.0 Å². The molecule has 5 aromatic rings. The first kappa shape index (κ1) is 18.3. The summed E-state index contributed by atoms with van der Waals surface area (Å²) in [6, 6.07) is 23.5. The maximum atomic E-state index is 12.6. The van der Waals surface area contributed by atoms with Crippen molar-refractivity contribution in [2.45, 2.75) is 5.03 Å². The van der Waals surface area contributed by atoms with Crippen LogP contribution in [0, 0.1) is 0 Å². The van der Waals surface area contributed by atoms with E-state index in [9.17, 15) is 4.79 Å². The molecular weight excluding hydrogens is 396 g/mol. The zero-order valence-corrected chi connectivity index (χ0v) is 16.6. The Balaban J connectivity index is 1.35. The average Bonchev–Trinajstić information content (AvgIpc) is 3.23. The fourth-order valence-corrected chi connectivity index (χ4v) is 3.96. The van der Waals surface area contributed by atoms with Gasteiger partial charge in [0.05, 0.1) is 11.4 Å². The maximum absolute atomic E-state index is 12.6. The number of hydrogen-bond acceptors (Lipinski definition) is 6. The van der Waals surface area contributed by atoms with E-state index in [1.165, 1.54) is 18.1 Å². The molecule has 0 aliphatic rings. The van der Waals surface area contributed by atoms with Gasteiger partial charge in [0, 0.05) is 11.1 Å². The summed E-state index contributed by atoms with van der Waals surface area (Å²) in [5, 5.41) is 14.1. The summed E-state index contributed by atoms with van der Waals surface area (Å²) >= 11 is 1.31. The maximum Gasteiger partial charge on any atom is 0.234 e. The highest BCUT2D eigenvalue weighted by atomic mass is 32.2. The molecule has 0 aliphatic heterocycles. The number of benzene rings is 3. The van der Waals surface area contributed by atoms with E-state index in [1.54, 1.807) is 4.68 Å². The van der Waals surface area contributed by atoms with E-state index in [2.05, 4.69) is 25.6 Å². The first-order valence-electron chi connectivity index (χ1n) is 9.32. The minimum Gasteiger partial charge on any atom is -0.325 e. The third kappa shape index (κ3) is 3.48. The van der Waals surface area contributed by atoms with Gasteiger partial charge in [-0.25, -0.2) is 9.97 Å². The molecule has 1 N–H and O–H groups in total. The summed E-state index contributed by atoms with van der Waals surface area (Å²) in [5.74, 6) is 0.0895. The number of fused-ring (bicyclic) bond motifs is 2. The second-order valence-corrected chi connectivity index (χ2v) is 7.52. The standard InChI is InChI=1S/C22H16N6OS/c29-19(25-18-12-6-8-15-7-4-5-11-17(15)18)13-30-22-20-21(23-14-24-22)28(27-26-20)16-9-2-1-3-10-16/h1-12,14H,13H2,(H,25,29). The van der Waals surface area contributed by atoms with Crippen LogP contribution in [0.1, 0.15) is 0 Å². The van der Waals surface area contributed by atoms with E-state index in [1.807, 2.05) is 72.8 Å². The SMILES string of the molecule is O=C(CSc1ncnc2c1nnn2-c1ccccc1)Nc1cccc2ccccc12. The monoisotopic (exact) mass is 412 g/mol. The van der Waals surface area contributed by atoms with Crippen molar-refractivity contribution in [2.75, 3.05) is 11.1 Å². The van der Waals surface area contributed by atoms with Crippen LogP contribution >= 0.6 is 11.8 Å². The van der Waals surface area contributed by atoms with Crippen LogP contribution in [0.15, 0.2) is 84.1 Å². The molecular formula is C22H16N6OS. The number of rotatable bonds is 5. The van der Waals surface area contributed by atoms with E-state index in [0.29, 0.717) is 16.2 Å². The number of thioether (sulfide) groups is 1. The van der Waals surface area contributed by atoms with Gasteiger partial charge < -0.3 is 5.32 Å². The lowest BCUT2D eigenvalue weighted by Crippen LogP contribution is -2.14. The average molecular weight is 412 g/mol. The fourth-order valence-electron chi connectivity index (χ4n) is 3.23. The minimum atomic E-state index is -0.112. The summed E-state index contributed by atoms with van der Waals surface area (Å²) in [7, 11) is 0. The number of para-hydroxylation sites is 1. The number of amides is 1. The first-order chi connectivity index (χ1) is 14.8. The van der Waals surface area contributed by atoms with Crippen LogP contribution in [0.2, 0.25) is 0 Å². The molecule has 0 bridgehead atoms. The van der Waals surface area contributed by atoms with Crippen molar-refractivity contribution in [1.29, 1.82) is 0 Å². The van der Waals surface area contributed by atoms with Crippen molar-refractivity contribution in [3.63, 3.8) is 0 Å². The number of anilines is 1. The topological polar surface area (TPSA) is 85.6 Å². The third-order valence-corrected chi connectivity index (χ3v) is 5.59. The summed E-state index contributed by atoms with van der Waals surface area (Å²) in [5.41, 5.74) is 2.84. The Kier molecular flexibility index (Phi) is 4.82. The molecule has 0 fully saturated rings. The van der Waals surface area contributed by atoms with Gasteiger partial charge in [0.2, 0.25) is 5.91 Å². The largest absolute Gasteiger partial charge is 0.325 e. The number of hydrogen-bond donors (Lipinski definition) is 1. The molecule has 0 aliphatic carbocycles. The number of nitrogens with zero attached hydrogens (tertiary/aromatic N) is 5. The molecule has 0 radical (unpaired) electrons. The summed E-state index contributed by atoms with van der Waals surface area (Å²) in [6.45, 7) is 0. The molecule has 3 aromatic carbocycles. The van der Waals surface area contributed by atoms with Crippen LogP contribution in [-0.2, 0) is 4.79 Å². The number of nitrogens with one attached hydrogen (secondary N) is 1. The third-order valence-electron chi connectivity index (χ3n) is 4.61. The van der Waals surface area contributed by atoms with Gasteiger partial charge in [0.25, 0.3) is 0 Å². The molecule has 0 saturated heterocycles. The van der Waals surface area contributed by atoms with Crippen molar-refractivity contribution in [2.24, 2.45) is 0 Å². The molecule has 1 amide bonds. The van der Waals surface area contributed by atoms with Gasteiger partial charge in [-0.3, -0.25) is 4.79 Å². The van der Waals surface area contributed by atoms with Gasteiger partial charge in [0.15, 0.2) is 11.2 Å². The van der Waals surface area contributed by atoms with Crippen LogP contribution in [0.4, 0.5) is 5.69 Å². The second kappa shape index (κ2) is 7.92. The summed E-state index contributed by atoms with van der Waals surface area (Å²) in [4.78, 5) is 21.2. The molecule has 30 heavy (non-hydrogen) atoms. The van der Waals surface area contributed by atoms with Crippen LogP contribution in [-0.4, -0.2) is 36.6 Å². The molecule has 8 heteroatoms. The number of carbonyl (C=O) groups is 1. The predicted octanol–water partition coefficient (Wildman–Crippen LogP) is 4.09. The Bertz CT molecular complexity index is 1350. The number of aromatic nitrogens is 5. The van der Waals surface area contributed by atoms with Gasteiger partial charge >= 0.3 is 0 Å². The van der Waals surface area contributed by atoms with Crippen LogP contribution in [0.25, 0.3) is 27.6 Å². The van der Waals surface area contributed by atoms with Crippen LogP contribution < -0.4 is 5.32 Å². The zero-order valence-electron chi connectivity index (χ0n) is 15.8. The lowest BCUT2D eigenvalue weighted by atomic mass is 10.1. The quantitative estimate of drug-likeness (QED) is 0.346. The molecule has 0 unspecified atom stereocenters. The Hall–Kier alpha value is -3.78. The van der Waals surface area contributed by atoms with E-state index in [0.717, 1.165) is 22.1 Å². The van der Waals surface area contributed by atoms with Crippen LogP contribution in [0.3, 0.4) is 0 Å². The lowest BCUT2D eigenvalue weighted by Gasteiger charge is -2.08. The van der Waals surface area contributed by atoms with E-state index < -0.39 is 0 Å². The van der Waals surface area contributed by atoms with Gasteiger partial charge in [-0.1, -0.05) is 71.6 Å². The van der Waals surface area contributed by atoms with Crippen molar-refractivity contribution in [3.05, 3.63) is 79.1 Å². The zero-order chi connectivity index (χ0) is 20.3. The normalized spacial score (nSPS) is 11.1. The van der Waals surface area contributed by atoms with Gasteiger partial charge in [-0.15, -0.1) is 5.10 Å². The predicted molar refractivity (Wildman–Crippen MR) is 118 cm³/mol.